The lowest BCUT2D eigenvalue weighted by Gasteiger charge is -2.26. The Hall–Kier alpha value is -1.88. The van der Waals surface area contributed by atoms with Crippen molar-refractivity contribution in [1.82, 2.24) is 4.90 Å². The fourth-order valence-corrected chi connectivity index (χ4v) is 2.44. The number of aliphatic hydroxyl groups is 1. The number of aliphatic hydroxyl groups excluding tert-OH is 1. The summed E-state index contributed by atoms with van der Waals surface area (Å²) in [5, 5.41) is 9.06. The van der Waals surface area contributed by atoms with Crippen molar-refractivity contribution in [3.63, 3.8) is 0 Å². The molecule has 4 nitrogen and oxygen atoms in total. The number of nitrogens with two attached hydrogens (primary N) is 1. The van der Waals surface area contributed by atoms with Gasteiger partial charge in [-0.3, -0.25) is 4.90 Å². The van der Waals surface area contributed by atoms with Crippen LogP contribution in [0.15, 0.2) is 48.5 Å². The van der Waals surface area contributed by atoms with Crippen LogP contribution in [-0.4, -0.2) is 36.8 Å². The molecular weight excluding hydrogens is 276 g/mol. The molecule has 0 aliphatic rings. The van der Waals surface area contributed by atoms with E-state index in [1.165, 1.54) is 0 Å². The Bertz CT molecular complexity index is 584. The van der Waals surface area contributed by atoms with Crippen molar-refractivity contribution in [3.05, 3.63) is 59.7 Å². The van der Waals surface area contributed by atoms with Crippen molar-refractivity contribution in [3.8, 4) is 11.5 Å². The first kappa shape index (κ1) is 16.5. The smallest absolute Gasteiger partial charge is 0.130 e. The maximum Gasteiger partial charge on any atom is 0.130 e. The fraction of sp³-hybridized carbons (Fsp3) is 0.333. The zero-order valence-corrected chi connectivity index (χ0v) is 13.2. The maximum absolute atomic E-state index is 9.06. The SMILES string of the molecule is Cc1ccccc1Oc1ccc(C(CN)N(C)CCO)cc1. The minimum Gasteiger partial charge on any atom is -0.457 e. The van der Waals surface area contributed by atoms with Gasteiger partial charge in [0.25, 0.3) is 0 Å². The van der Waals surface area contributed by atoms with E-state index in [2.05, 4.69) is 4.90 Å². The normalized spacial score (nSPS) is 12.4. The first-order valence-electron chi connectivity index (χ1n) is 7.50. The monoisotopic (exact) mass is 300 g/mol. The second kappa shape index (κ2) is 7.94. The molecule has 0 amide bonds. The number of hydrogen-bond acceptors (Lipinski definition) is 4. The van der Waals surface area contributed by atoms with Crippen LogP contribution in [0.2, 0.25) is 0 Å². The zero-order valence-electron chi connectivity index (χ0n) is 13.2. The van der Waals surface area contributed by atoms with Gasteiger partial charge in [0, 0.05) is 19.1 Å². The number of rotatable bonds is 7. The molecule has 0 bridgehead atoms. The molecule has 2 aromatic carbocycles. The first-order valence-corrected chi connectivity index (χ1v) is 7.50. The van der Waals surface area contributed by atoms with Crippen LogP contribution in [-0.2, 0) is 0 Å². The molecule has 4 heteroatoms. The molecule has 0 spiro atoms. The van der Waals surface area contributed by atoms with Gasteiger partial charge in [-0.15, -0.1) is 0 Å². The summed E-state index contributed by atoms with van der Waals surface area (Å²) in [5.74, 6) is 1.67. The lowest BCUT2D eigenvalue weighted by molar-refractivity contribution is 0.183. The van der Waals surface area contributed by atoms with E-state index < -0.39 is 0 Å². The highest BCUT2D eigenvalue weighted by Gasteiger charge is 2.15. The molecule has 0 saturated carbocycles. The van der Waals surface area contributed by atoms with Crippen LogP contribution in [0, 0.1) is 6.92 Å². The minimum atomic E-state index is 0.0969. The van der Waals surface area contributed by atoms with Gasteiger partial charge >= 0.3 is 0 Å². The van der Waals surface area contributed by atoms with Crippen LogP contribution in [0.5, 0.6) is 11.5 Å². The first-order chi connectivity index (χ1) is 10.7. The molecule has 0 aromatic heterocycles. The van der Waals surface area contributed by atoms with Gasteiger partial charge in [0.2, 0.25) is 0 Å². The van der Waals surface area contributed by atoms with Crippen LogP contribution in [0.3, 0.4) is 0 Å². The molecule has 0 aliphatic heterocycles. The van der Waals surface area contributed by atoms with E-state index in [9.17, 15) is 0 Å². The number of hydrogen-bond donors (Lipinski definition) is 2. The van der Waals surface area contributed by atoms with Crippen molar-refractivity contribution in [1.29, 1.82) is 0 Å². The summed E-state index contributed by atoms with van der Waals surface area (Å²) in [6, 6.07) is 16.0. The van der Waals surface area contributed by atoms with E-state index in [1.807, 2.05) is 62.5 Å². The fourth-order valence-electron chi connectivity index (χ4n) is 2.44. The van der Waals surface area contributed by atoms with Crippen LogP contribution in [0.4, 0.5) is 0 Å². The van der Waals surface area contributed by atoms with Gasteiger partial charge in [0.05, 0.1) is 6.61 Å². The number of aryl methyl sites for hydroxylation is 1. The Kier molecular flexibility index (Phi) is 5.95. The molecule has 0 fully saturated rings. The molecule has 2 aromatic rings. The quantitative estimate of drug-likeness (QED) is 0.825. The van der Waals surface area contributed by atoms with Crippen molar-refractivity contribution in [2.24, 2.45) is 5.73 Å². The molecule has 0 aliphatic carbocycles. The van der Waals surface area contributed by atoms with Crippen LogP contribution >= 0.6 is 0 Å². The van der Waals surface area contributed by atoms with Gasteiger partial charge in [-0.2, -0.15) is 0 Å². The van der Waals surface area contributed by atoms with Crippen molar-refractivity contribution in [2.45, 2.75) is 13.0 Å². The van der Waals surface area contributed by atoms with Crippen LogP contribution < -0.4 is 10.5 Å². The standard InChI is InChI=1S/C18H24N2O2/c1-14-5-3-4-6-18(14)22-16-9-7-15(8-10-16)17(13-19)20(2)11-12-21/h3-10,17,21H,11-13,19H2,1-2H3. The van der Waals surface area contributed by atoms with Crippen molar-refractivity contribution >= 4 is 0 Å². The highest BCUT2D eigenvalue weighted by atomic mass is 16.5. The molecule has 0 radical (unpaired) electrons. The summed E-state index contributed by atoms with van der Waals surface area (Å²) in [6.07, 6.45) is 0. The molecule has 118 valence electrons. The van der Waals surface area contributed by atoms with Crippen molar-refractivity contribution < 1.29 is 9.84 Å². The Labute approximate surface area is 132 Å². The predicted molar refractivity (Wildman–Crippen MR) is 89.2 cm³/mol. The molecular formula is C18H24N2O2. The Morgan fingerprint density at radius 3 is 2.41 bits per heavy atom. The number of ether oxygens (including phenoxy) is 1. The highest BCUT2D eigenvalue weighted by molar-refractivity contribution is 5.38. The highest BCUT2D eigenvalue weighted by Crippen LogP contribution is 2.26. The number of para-hydroxylation sites is 1. The largest absolute Gasteiger partial charge is 0.457 e. The Morgan fingerprint density at radius 1 is 1.14 bits per heavy atom. The molecule has 0 saturated heterocycles. The summed E-state index contributed by atoms with van der Waals surface area (Å²) < 4.78 is 5.90. The summed E-state index contributed by atoms with van der Waals surface area (Å²) in [6.45, 7) is 3.26. The lowest BCUT2D eigenvalue weighted by atomic mass is 10.1. The third-order valence-electron chi connectivity index (χ3n) is 3.79. The Balaban J connectivity index is 2.11. The summed E-state index contributed by atoms with van der Waals surface area (Å²) in [7, 11) is 1.96. The van der Waals surface area contributed by atoms with Gasteiger partial charge in [-0.05, 0) is 43.3 Å². The molecule has 0 heterocycles. The van der Waals surface area contributed by atoms with Gasteiger partial charge in [-0.1, -0.05) is 30.3 Å². The third-order valence-corrected chi connectivity index (χ3v) is 3.79. The second-order valence-electron chi connectivity index (χ2n) is 5.39. The number of nitrogens with zero attached hydrogens (tertiary/aromatic N) is 1. The van der Waals surface area contributed by atoms with E-state index in [0.29, 0.717) is 13.1 Å². The number of benzene rings is 2. The molecule has 22 heavy (non-hydrogen) atoms. The van der Waals surface area contributed by atoms with Gasteiger partial charge in [0.15, 0.2) is 0 Å². The molecule has 3 N–H and O–H groups in total. The second-order valence-corrected chi connectivity index (χ2v) is 5.39. The van der Waals surface area contributed by atoms with Crippen molar-refractivity contribution in [2.75, 3.05) is 26.7 Å². The summed E-state index contributed by atoms with van der Waals surface area (Å²) >= 11 is 0. The average Bonchev–Trinajstić information content (AvgIpc) is 2.52. The lowest BCUT2D eigenvalue weighted by Crippen LogP contribution is -2.32. The average molecular weight is 300 g/mol. The topological polar surface area (TPSA) is 58.7 Å². The summed E-state index contributed by atoms with van der Waals surface area (Å²) in [5.41, 5.74) is 8.09. The maximum atomic E-state index is 9.06. The number of likely N-dealkylation sites (N-methyl/N-ethyl adjacent to an activating group) is 1. The van der Waals surface area contributed by atoms with E-state index in [1.54, 1.807) is 0 Å². The molecule has 2 rings (SSSR count). The minimum absolute atomic E-state index is 0.0969. The predicted octanol–water partition coefficient (Wildman–Crippen LogP) is 2.71. The third kappa shape index (κ3) is 4.07. The summed E-state index contributed by atoms with van der Waals surface area (Å²) in [4.78, 5) is 2.05. The molecule has 1 unspecified atom stereocenters. The van der Waals surface area contributed by atoms with E-state index in [-0.39, 0.29) is 12.6 Å². The van der Waals surface area contributed by atoms with Crippen LogP contribution in [0.25, 0.3) is 0 Å². The van der Waals surface area contributed by atoms with E-state index >= 15 is 0 Å². The Morgan fingerprint density at radius 2 is 1.82 bits per heavy atom. The van der Waals surface area contributed by atoms with Gasteiger partial charge < -0.3 is 15.6 Å². The zero-order chi connectivity index (χ0) is 15.9. The van der Waals surface area contributed by atoms with E-state index in [4.69, 9.17) is 15.6 Å². The van der Waals surface area contributed by atoms with Gasteiger partial charge in [0.1, 0.15) is 11.5 Å². The van der Waals surface area contributed by atoms with E-state index in [0.717, 1.165) is 22.6 Å². The molecule has 1 atom stereocenters. The van der Waals surface area contributed by atoms with Crippen LogP contribution in [0.1, 0.15) is 17.2 Å². The van der Waals surface area contributed by atoms with Gasteiger partial charge in [-0.25, -0.2) is 0 Å².